The molecule has 5 amide bonds. The molecule has 146 valence electrons. The smallest absolute Gasteiger partial charge is 0.266 e. The average Bonchev–Trinajstić information content (AvgIpc) is 2.88. The van der Waals surface area contributed by atoms with Crippen molar-refractivity contribution < 1.29 is 28.7 Å². The summed E-state index contributed by atoms with van der Waals surface area (Å²) in [6.07, 6.45) is 0.119. The van der Waals surface area contributed by atoms with Gasteiger partial charge in [-0.05, 0) is 18.6 Å². The van der Waals surface area contributed by atoms with Crippen molar-refractivity contribution in [3.05, 3.63) is 29.3 Å². The van der Waals surface area contributed by atoms with Crippen molar-refractivity contribution in [3.8, 4) is 5.75 Å². The molecule has 3 N–H and O–H groups in total. The first kappa shape index (κ1) is 18.1. The van der Waals surface area contributed by atoms with Gasteiger partial charge in [0.1, 0.15) is 11.8 Å². The van der Waals surface area contributed by atoms with Crippen LogP contribution in [0.3, 0.4) is 0 Å². The monoisotopic (exact) mass is 386 g/mol. The summed E-state index contributed by atoms with van der Waals surface area (Å²) in [6.45, 7) is 1.09. The van der Waals surface area contributed by atoms with Crippen LogP contribution in [0.5, 0.6) is 5.75 Å². The van der Waals surface area contributed by atoms with Crippen LogP contribution in [0.2, 0.25) is 0 Å². The number of carbonyl (C=O) groups excluding carboxylic acids is 5. The number of hydrogen-bond donors (Lipinski definition) is 3. The average molecular weight is 386 g/mol. The fourth-order valence-electron chi connectivity index (χ4n) is 3.41. The number of piperidine rings is 1. The molecule has 0 radical (unpaired) electrons. The molecule has 0 spiro atoms. The molecule has 0 aliphatic carbocycles. The van der Waals surface area contributed by atoms with Gasteiger partial charge in [0, 0.05) is 19.5 Å². The Labute approximate surface area is 159 Å². The minimum Gasteiger partial charge on any atom is -0.483 e. The largest absolute Gasteiger partial charge is 0.483 e. The van der Waals surface area contributed by atoms with Gasteiger partial charge in [0.15, 0.2) is 6.61 Å². The van der Waals surface area contributed by atoms with Crippen LogP contribution in [-0.2, 0) is 14.4 Å². The van der Waals surface area contributed by atoms with Crippen LogP contribution in [0.4, 0.5) is 0 Å². The molecule has 0 aromatic heterocycles. The number of amides is 5. The summed E-state index contributed by atoms with van der Waals surface area (Å²) >= 11 is 0. The van der Waals surface area contributed by atoms with E-state index in [9.17, 15) is 24.0 Å². The number of hydrogen-bond acceptors (Lipinski definition) is 7. The third-order valence-corrected chi connectivity index (χ3v) is 4.94. The Kier molecular flexibility index (Phi) is 4.55. The van der Waals surface area contributed by atoms with E-state index in [-0.39, 0.29) is 48.3 Å². The van der Waals surface area contributed by atoms with Gasteiger partial charge in [-0.25, -0.2) is 0 Å². The Morgan fingerprint density at radius 3 is 2.64 bits per heavy atom. The standard InChI is InChI=1S/C18H18N4O6/c23-13-5-4-11(16(25)21-13)22-17(26)10-2-1-3-12(15(10)18(22)27)28-8-14(24)20-9-6-19-7-9/h1-3,9,11,19H,4-8H2,(H,20,24)(H,21,23,25). The predicted molar refractivity (Wildman–Crippen MR) is 93.4 cm³/mol. The zero-order valence-corrected chi connectivity index (χ0v) is 14.8. The molecule has 1 atom stereocenters. The van der Waals surface area contributed by atoms with E-state index >= 15 is 0 Å². The highest BCUT2D eigenvalue weighted by atomic mass is 16.5. The number of imide groups is 2. The lowest BCUT2D eigenvalue weighted by Gasteiger charge is -2.28. The van der Waals surface area contributed by atoms with Crippen molar-refractivity contribution in [3.63, 3.8) is 0 Å². The van der Waals surface area contributed by atoms with E-state index in [0.29, 0.717) is 13.1 Å². The third kappa shape index (κ3) is 3.11. The van der Waals surface area contributed by atoms with Gasteiger partial charge in [-0.3, -0.25) is 34.2 Å². The molecule has 10 nitrogen and oxygen atoms in total. The third-order valence-electron chi connectivity index (χ3n) is 4.94. The van der Waals surface area contributed by atoms with Crippen molar-refractivity contribution in [2.45, 2.75) is 24.9 Å². The normalized spacial score (nSPS) is 21.9. The van der Waals surface area contributed by atoms with E-state index in [4.69, 9.17) is 4.74 Å². The highest BCUT2D eigenvalue weighted by Gasteiger charge is 2.46. The second-order valence-corrected chi connectivity index (χ2v) is 6.84. The molecule has 1 aromatic carbocycles. The summed E-state index contributed by atoms with van der Waals surface area (Å²) in [7, 11) is 0. The van der Waals surface area contributed by atoms with Crippen LogP contribution < -0.4 is 20.7 Å². The first-order valence-electron chi connectivity index (χ1n) is 8.93. The molecule has 10 heteroatoms. The molecule has 1 unspecified atom stereocenters. The van der Waals surface area contributed by atoms with E-state index in [1.807, 2.05) is 0 Å². The van der Waals surface area contributed by atoms with Crippen molar-refractivity contribution in [2.24, 2.45) is 0 Å². The van der Waals surface area contributed by atoms with Crippen LogP contribution >= 0.6 is 0 Å². The molecule has 3 aliphatic heterocycles. The van der Waals surface area contributed by atoms with Crippen LogP contribution in [0.25, 0.3) is 0 Å². The number of ether oxygens (including phenoxy) is 1. The van der Waals surface area contributed by atoms with E-state index in [0.717, 1.165) is 4.90 Å². The number of nitrogens with zero attached hydrogens (tertiary/aromatic N) is 1. The predicted octanol–water partition coefficient (Wildman–Crippen LogP) is -1.45. The van der Waals surface area contributed by atoms with Crippen molar-refractivity contribution >= 4 is 29.5 Å². The van der Waals surface area contributed by atoms with Crippen LogP contribution in [-0.4, -0.2) is 66.2 Å². The fraction of sp³-hybridized carbons (Fsp3) is 0.389. The highest BCUT2D eigenvalue weighted by Crippen LogP contribution is 2.33. The lowest BCUT2D eigenvalue weighted by Crippen LogP contribution is -2.57. The first-order valence-corrected chi connectivity index (χ1v) is 8.93. The topological polar surface area (TPSA) is 134 Å². The lowest BCUT2D eigenvalue weighted by atomic mass is 10.0. The SMILES string of the molecule is O=C1CCC(N2C(=O)c3cccc(OCC(=O)NC4CNC4)c3C2=O)C(=O)N1. The van der Waals surface area contributed by atoms with Gasteiger partial charge in [0.05, 0.1) is 17.2 Å². The van der Waals surface area contributed by atoms with Gasteiger partial charge in [0.25, 0.3) is 17.7 Å². The quantitative estimate of drug-likeness (QED) is 0.528. The van der Waals surface area contributed by atoms with Crippen molar-refractivity contribution in [1.82, 2.24) is 20.9 Å². The zero-order chi connectivity index (χ0) is 19.8. The zero-order valence-electron chi connectivity index (χ0n) is 14.8. The maximum atomic E-state index is 12.9. The molecule has 0 bridgehead atoms. The summed E-state index contributed by atoms with van der Waals surface area (Å²) in [5.41, 5.74) is 0.131. The number of fused-ring (bicyclic) bond motifs is 1. The van der Waals surface area contributed by atoms with E-state index in [1.165, 1.54) is 12.1 Å². The Morgan fingerprint density at radius 2 is 1.96 bits per heavy atom. The number of nitrogens with one attached hydrogen (secondary N) is 3. The second kappa shape index (κ2) is 7.04. The van der Waals surface area contributed by atoms with E-state index in [2.05, 4.69) is 16.0 Å². The van der Waals surface area contributed by atoms with Crippen molar-refractivity contribution in [2.75, 3.05) is 19.7 Å². The first-order chi connectivity index (χ1) is 13.5. The van der Waals surface area contributed by atoms with Gasteiger partial charge in [0.2, 0.25) is 11.8 Å². The van der Waals surface area contributed by atoms with Crippen LogP contribution in [0.1, 0.15) is 33.6 Å². The summed E-state index contributed by atoms with van der Waals surface area (Å²) in [5, 5.41) is 7.95. The van der Waals surface area contributed by atoms with Gasteiger partial charge in [-0.15, -0.1) is 0 Å². The maximum absolute atomic E-state index is 12.9. The van der Waals surface area contributed by atoms with Gasteiger partial charge >= 0.3 is 0 Å². The van der Waals surface area contributed by atoms with Crippen molar-refractivity contribution in [1.29, 1.82) is 0 Å². The Hall–Kier alpha value is -3.27. The van der Waals surface area contributed by atoms with Crippen LogP contribution in [0.15, 0.2) is 18.2 Å². The Bertz CT molecular complexity index is 894. The summed E-state index contributed by atoms with van der Waals surface area (Å²) < 4.78 is 5.49. The van der Waals surface area contributed by atoms with Gasteiger partial charge in [-0.2, -0.15) is 0 Å². The molecule has 28 heavy (non-hydrogen) atoms. The minimum absolute atomic E-state index is 0.0234. The highest BCUT2D eigenvalue weighted by molar-refractivity contribution is 6.24. The number of benzene rings is 1. The Balaban J connectivity index is 1.51. The van der Waals surface area contributed by atoms with Crippen LogP contribution in [0, 0.1) is 0 Å². The molecule has 1 aromatic rings. The lowest BCUT2D eigenvalue weighted by molar-refractivity contribution is -0.136. The molecule has 2 saturated heterocycles. The van der Waals surface area contributed by atoms with E-state index in [1.54, 1.807) is 6.07 Å². The number of rotatable bonds is 5. The second-order valence-electron chi connectivity index (χ2n) is 6.84. The minimum atomic E-state index is -1.05. The molecule has 2 fully saturated rings. The van der Waals surface area contributed by atoms with Gasteiger partial charge in [-0.1, -0.05) is 6.07 Å². The molecule has 3 aliphatic rings. The molecule has 4 rings (SSSR count). The molecule has 0 saturated carbocycles. The maximum Gasteiger partial charge on any atom is 0.266 e. The molecular weight excluding hydrogens is 368 g/mol. The van der Waals surface area contributed by atoms with Gasteiger partial charge < -0.3 is 15.4 Å². The summed E-state index contributed by atoms with van der Waals surface area (Å²) in [4.78, 5) is 61.8. The fourth-order valence-corrected chi connectivity index (χ4v) is 3.41. The van der Waals surface area contributed by atoms with E-state index < -0.39 is 29.7 Å². The number of carbonyl (C=O) groups is 5. The molecule has 3 heterocycles. The molecular formula is C18H18N4O6. The Morgan fingerprint density at radius 1 is 1.18 bits per heavy atom. The summed E-state index contributed by atoms with van der Waals surface area (Å²) in [6, 6.07) is 3.52. The summed E-state index contributed by atoms with van der Waals surface area (Å²) in [5.74, 6) is -2.63.